The van der Waals surface area contributed by atoms with Crippen LogP contribution in [0.25, 0.3) is 0 Å². The van der Waals surface area contributed by atoms with Crippen molar-refractivity contribution in [1.29, 1.82) is 0 Å². The molecule has 4 heteroatoms. The van der Waals surface area contributed by atoms with Crippen LogP contribution in [0.5, 0.6) is 0 Å². The smallest absolute Gasteiger partial charge is 0.141 e. The average Bonchev–Trinajstić information content (AvgIpc) is 2.80. The van der Waals surface area contributed by atoms with Gasteiger partial charge in [0.1, 0.15) is 5.78 Å². The zero-order chi connectivity index (χ0) is 16.6. The second-order valence-corrected chi connectivity index (χ2v) is 8.78. The quantitative estimate of drug-likeness (QED) is 0.595. The highest BCUT2D eigenvalue weighted by Crippen LogP contribution is 2.63. The molecule has 0 aromatic heterocycles. The van der Waals surface area contributed by atoms with Crippen molar-refractivity contribution in [3.05, 3.63) is 11.6 Å². The van der Waals surface area contributed by atoms with E-state index in [0.717, 1.165) is 24.8 Å². The first-order valence-electron chi connectivity index (χ1n) is 9.07. The van der Waals surface area contributed by atoms with Gasteiger partial charge in [-0.25, -0.2) is 0 Å². The van der Waals surface area contributed by atoms with E-state index in [1.54, 1.807) is 0 Å². The number of hydrogen-bond donors (Lipinski definition) is 3. The Kier molecular flexibility index (Phi) is 3.37. The Morgan fingerprint density at radius 3 is 2.61 bits per heavy atom. The van der Waals surface area contributed by atoms with E-state index in [1.165, 1.54) is 0 Å². The zero-order valence-corrected chi connectivity index (χ0v) is 14.0. The summed E-state index contributed by atoms with van der Waals surface area (Å²) in [5, 5.41) is 31.7. The van der Waals surface area contributed by atoms with E-state index in [1.807, 2.05) is 13.0 Å². The predicted molar refractivity (Wildman–Crippen MR) is 85.5 cm³/mol. The first-order valence-corrected chi connectivity index (χ1v) is 9.07. The van der Waals surface area contributed by atoms with Gasteiger partial charge in [-0.3, -0.25) is 4.79 Å². The van der Waals surface area contributed by atoms with Gasteiger partial charge < -0.3 is 15.3 Å². The van der Waals surface area contributed by atoms with Crippen LogP contribution in [0.15, 0.2) is 11.6 Å². The molecule has 3 saturated carbocycles. The molecule has 4 aliphatic rings. The fraction of sp³-hybridized carbons (Fsp3) is 0.842. The van der Waals surface area contributed by atoms with E-state index in [4.69, 9.17) is 0 Å². The molecule has 3 N–H and O–H groups in total. The van der Waals surface area contributed by atoms with Crippen molar-refractivity contribution in [2.75, 3.05) is 0 Å². The lowest BCUT2D eigenvalue weighted by Gasteiger charge is -2.59. The SMILES string of the molecule is C[C@@]12C(=O)CC[C@H]1[C@@H]1[C@@H](O)C=C3C[C@@H](O)CC[C@]3(C)[C@H]1C[C@@H]2O. The molecule has 0 aliphatic heterocycles. The van der Waals surface area contributed by atoms with E-state index in [-0.39, 0.29) is 35.1 Å². The molecule has 128 valence electrons. The standard InChI is InChI=1S/C19H28O4/c1-18-6-5-11(20)7-10(18)8-14(21)17-12-3-4-15(22)19(12,2)16(23)9-13(17)18/h8,11-14,16-17,20-21,23H,3-7,9H2,1-2H3/t11-,12-,13-,14-,16-,17-,18-,19-/m0/s1. The second kappa shape index (κ2) is 4.90. The van der Waals surface area contributed by atoms with E-state index >= 15 is 0 Å². The van der Waals surface area contributed by atoms with Crippen LogP contribution < -0.4 is 0 Å². The summed E-state index contributed by atoms with van der Waals surface area (Å²) in [5.74, 6) is 0.489. The maximum absolute atomic E-state index is 12.4. The van der Waals surface area contributed by atoms with Crippen LogP contribution in [0.2, 0.25) is 0 Å². The van der Waals surface area contributed by atoms with E-state index in [2.05, 4.69) is 6.92 Å². The molecule has 0 heterocycles. The minimum absolute atomic E-state index is 0.0545. The van der Waals surface area contributed by atoms with Crippen molar-refractivity contribution in [2.24, 2.45) is 28.6 Å². The van der Waals surface area contributed by atoms with Crippen molar-refractivity contribution in [1.82, 2.24) is 0 Å². The summed E-state index contributed by atoms with van der Waals surface area (Å²) in [7, 11) is 0. The molecule has 0 spiro atoms. The molecule has 0 bridgehead atoms. The molecule has 8 atom stereocenters. The Morgan fingerprint density at radius 1 is 1.13 bits per heavy atom. The summed E-state index contributed by atoms with van der Waals surface area (Å²) in [5.41, 5.74) is 0.417. The number of carbonyl (C=O) groups excluding carboxylic acids is 1. The lowest BCUT2D eigenvalue weighted by atomic mass is 9.46. The molecule has 3 fully saturated rings. The van der Waals surface area contributed by atoms with Crippen LogP contribution in [0, 0.1) is 28.6 Å². The summed E-state index contributed by atoms with van der Waals surface area (Å²) in [6.07, 6.45) is 4.69. The fourth-order valence-corrected chi connectivity index (χ4v) is 6.39. The molecule has 0 radical (unpaired) electrons. The average molecular weight is 320 g/mol. The van der Waals surface area contributed by atoms with Gasteiger partial charge in [-0.2, -0.15) is 0 Å². The Balaban J connectivity index is 1.78. The van der Waals surface area contributed by atoms with E-state index in [0.29, 0.717) is 19.3 Å². The van der Waals surface area contributed by atoms with Gasteiger partial charge in [-0.05, 0) is 62.2 Å². The van der Waals surface area contributed by atoms with Gasteiger partial charge in [0.15, 0.2) is 0 Å². The normalized spacial score (nSPS) is 55.7. The number of fused-ring (bicyclic) bond motifs is 5. The van der Waals surface area contributed by atoms with Crippen LogP contribution in [0.4, 0.5) is 0 Å². The second-order valence-electron chi connectivity index (χ2n) is 8.78. The number of carbonyl (C=O) groups is 1. The monoisotopic (exact) mass is 320 g/mol. The summed E-state index contributed by atoms with van der Waals surface area (Å²) < 4.78 is 0. The molecule has 4 aliphatic carbocycles. The lowest BCUT2D eigenvalue weighted by Crippen LogP contribution is -2.59. The molecule has 0 unspecified atom stereocenters. The van der Waals surface area contributed by atoms with Crippen molar-refractivity contribution in [3.8, 4) is 0 Å². The lowest BCUT2D eigenvalue weighted by molar-refractivity contribution is -0.158. The molecule has 0 saturated heterocycles. The molecule has 4 nitrogen and oxygen atoms in total. The Bertz CT molecular complexity index is 570. The Hall–Kier alpha value is -0.710. The van der Waals surface area contributed by atoms with E-state index < -0.39 is 17.6 Å². The van der Waals surface area contributed by atoms with Crippen LogP contribution >= 0.6 is 0 Å². The molecule has 0 aromatic rings. The summed E-state index contributed by atoms with van der Waals surface area (Å²) in [6.45, 7) is 4.15. The molecule has 0 aromatic carbocycles. The predicted octanol–water partition coefficient (Wildman–Crippen LogP) is 1.82. The fourth-order valence-electron chi connectivity index (χ4n) is 6.39. The van der Waals surface area contributed by atoms with Crippen molar-refractivity contribution in [2.45, 2.75) is 70.7 Å². The first kappa shape index (κ1) is 15.8. The molecule has 23 heavy (non-hydrogen) atoms. The van der Waals surface area contributed by atoms with Crippen molar-refractivity contribution < 1.29 is 20.1 Å². The molecular weight excluding hydrogens is 292 g/mol. The molecule has 0 amide bonds. The topological polar surface area (TPSA) is 77.8 Å². The van der Waals surface area contributed by atoms with Gasteiger partial charge >= 0.3 is 0 Å². The summed E-state index contributed by atoms with van der Waals surface area (Å²) in [6, 6.07) is 0. The van der Waals surface area contributed by atoms with Crippen molar-refractivity contribution in [3.63, 3.8) is 0 Å². The van der Waals surface area contributed by atoms with Gasteiger partial charge in [0.25, 0.3) is 0 Å². The first-order chi connectivity index (χ1) is 10.8. The maximum atomic E-state index is 12.4. The van der Waals surface area contributed by atoms with Crippen LogP contribution in [-0.4, -0.2) is 39.4 Å². The number of rotatable bonds is 0. The van der Waals surface area contributed by atoms with Crippen LogP contribution in [0.1, 0.15) is 52.4 Å². The number of Topliss-reactive ketones (excluding diaryl/α,β-unsaturated/α-hetero) is 1. The number of aliphatic hydroxyl groups excluding tert-OH is 3. The van der Waals surface area contributed by atoms with Gasteiger partial charge in [-0.15, -0.1) is 0 Å². The highest BCUT2D eigenvalue weighted by molar-refractivity contribution is 5.88. The van der Waals surface area contributed by atoms with Gasteiger partial charge in [0.2, 0.25) is 0 Å². The van der Waals surface area contributed by atoms with Gasteiger partial charge in [0.05, 0.1) is 23.7 Å². The maximum Gasteiger partial charge on any atom is 0.141 e. The van der Waals surface area contributed by atoms with Gasteiger partial charge in [-0.1, -0.05) is 18.6 Å². The van der Waals surface area contributed by atoms with Gasteiger partial charge in [0, 0.05) is 6.42 Å². The van der Waals surface area contributed by atoms with Crippen molar-refractivity contribution >= 4 is 5.78 Å². The van der Waals surface area contributed by atoms with E-state index in [9.17, 15) is 20.1 Å². The highest BCUT2D eigenvalue weighted by atomic mass is 16.3. The number of aliphatic hydroxyl groups is 3. The Morgan fingerprint density at radius 2 is 1.87 bits per heavy atom. The highest BCUT2D eigenvalue weighted by Gasteiger charge is 2.63. The third kappa shape index (κ3) is 1.92. The largest absolute Gasteiger partial charge is 0.393 e. The Labute approximate surface area is 137 Å². The zero-order valence-electron chi connectivity index (χ0n) is 14.0. The number of ketones is 1. The minimum Gasteiger partial charge on any atom is -0.393 e. The summed E-state index contributed by atoms with van der Waals surface area (Å²) in [4.78, 5) is 12.4. The minimum atomic E-state index is -0.683. The molecule has 4 rings (SSSR count). The third-order valence-electron chi connectivity index (χ3n) is 7.92. The number of hydrogen-bond acceptors (Lipinski definition) is 4. The van der Waals surface area contributed by atoms with Crippen LogP contribution in [0.3, 0.4) is 0 Å². The van der Waals surface area contributed by atoms with Crippen LogP contribution in [-0.2, 0) is 4.79 Å². The molecular formula is C19H28O4. The third-order valence-corrected chi connectivity index (χ3v) is 7.92. The summed E-state index contributed by atoms with van der Waals surface area (Å²) >= 11 is 0.